The summed E-state index contributed by atoms with van der Waals surface area (Å²) >= 11 is 3.12. The molecule has 1 N–H and O–H groups in total. The van der Waals surface area contributed by atoms with Gasteiger partial charge in [0, 0.05) is 6.42 Å². The Balaban J connectivity index is 2.76. The second-order valence-electron chi connectivity index (χ2n) is 3.12. The van der Waals surface area contributed by atoms with Gasteiger partial charge in [-0.15, -0.1) is 11.8 Å². The minimum atomic E-state index is -0.670. The first-order valence-corrected chi connectivity index (χ1v) is 5.47. The molecule has 1 unspecified atom stereocenters. The summed E-state index contributed by atoms with van der Waals surface area (Å²) in [6, 6.07) is 4.65. The molecule has 0 amide bonds. The Morgan fingerprint density at radius 1 is 1.53 bits per heavy atom. The van der Waals surface area contributed by atoms with Gasteiger partial charge in [-0.25, -0.2) is 4.39 Å². The Morgan fingerprint density at radius 2 is 2.27 bits per heavy atom. The van der Waals surface area contributed by atoms with Crippen molar-refractivity contribution in [1.82, 2.24) is 0 Å². The first-order chi connectivity index (χ1) is 7.16. The van der Waals surface area contributed by atoms with Crippen molar-refractivity contribution in [2.24, 2.45) is 0 Å². The van der Waals surface area contributed by atoms with E-state index in [0.29, 0.717) is 22.9 Å². The van der Waals surface area contributed by atoms with Gasteiger partial charge in [-0.1, -0.05) is 12.1 Å². The quantitative estimate of drug-likeness (QED) is 0.835. The van der Waals surface area contributed by atoms with Crippen molar-refractivity contribution in [2.45, 2.75) is 25.9 Å². The number of halogens is 2. The van der Waals surface area contributed by atoms with Crippen molar-refractivity contribution in [3.05, 3.63) is 34.1 Å². The van der Waals surface area contributed by atoms with Crippen LogP contribution in [0.1, 0.15) is 31.4 Å². The fraction of sp³-hybridized carbons (Fsp3) is 0.333. The maximum atomic E-state index is 13.1. The van der Waals surface area contributed by atoms with E-state index >= 15 is 0 Å². The molecular formula is C12H12BrFO. The number of hydrogen-bond donors (Lipinski definition) is 1. The zero-order valence-electron chi connectivity index (χ0n) is 8.43. The highest BCUT2D eigenvalue weighted by atomic mass is 79.9. The number of hydrogen-bond acceptors (Lipinski definition) is 1. The molecule has 0 saturated carbocycles. The maximum absolute atomic E-state index is 13.1. The Hall–Kier alpha value is -0.850. The monoisotopic (exact) mass is 270 g/mol. The lowest BCUT2D eigenvalue weighted by Crippen LogP contribution is -1.99. The molecule has 0 aliphatic carbocycles. The molecular weight excluding hydrogens is 259 g/mol. The minimum Gasteiger partial charge on any atom is -0.388 e. The molecule has 1 aromatic rings. The molecule has 0 radical (unpaired) electrons. The van der Waals surface area contributed by atoms with Crippen LogP contribution in [0.4, 0.5) is 4.39 Å². The molecule has 0 aliphatic heterocycles. The van der Waals surface area contributed by atoms with Gasteiger partial charge in [0.2, 0.25) is 0 Å². The van der Waals surface area contributed by atoms with E-state index in [1.54, 1.807) is 19.1 Å². The number of benzene rings is 1. The Labute approximate surface area is 97.4 Å². The molecule has 0 saturated heterocycles. The zero-order chi connectivity index (χ0) is 11.3. The van der Waals surface area contributed by atoms with Gasteiger partial charge in [-0.05, 0) is 40.9 Å². The SMILES string of the molecule is CC#CCCC(O)c1cccc(F)c1Br. The van der Waals surface area contributed by atoms with Crippen molar-refractivity contribution in [1.29, 1.82) is 0 Å². The Bertz CT molecular complexity index is 392. The van der Waals surface area contributed by atoms with E-state index in [1.807, 2.05) is 0 Å². The van der Waals surface area contributed by atoms with Crippen LogP contribution in [0.15, 0.2) is 22.7 Å². The highest BCUT2D eigenvalue weighted by molar-refractivity contribution is 9.10. The van der Waals surface area contributed by atoms with E-state index in [4.69, 9.17) is 0 Å². The molecule has 80 valence electrons. The number of rotatable bonds is 3. The van der Waals surface area contributed by atoms with Gasteiger partial charge in [0.25, 0.3) is 0 Å². The van der Waals surface area contributed by atoms with E-state index in [0.717, 1.165) is 0 Å². The van der Waals surface area contributed by atoms with Gasteiger partial charge in [0.05, 0.1) is 10.6 Å². The maximum Gasteiger partial charge on any atom is 0.137 e. The molecule has 3 heteroatoms. The lowest BCUT2D eigenvalue weighted by atomic mass is 10.1. The smallest absolute Gasteiger partial charge is 0.137 e. The first-order valence-electron chi connectivity index (χ1n) is 4.68. The summed E-state index contributed by atoms with van der Waals surface area (Å²) in [5, 5.41) is 9.79. The van der Waals surface area contributed by atoms with E-state index in [9.17, 15) is 9.50 Å². The van der Waals surface area contributed by atoms with Crippen LogP contribution >= 0.6 is 15.9 Å². The molecule has 0 heterocycles. The lowest BCUT2D eigenvalue weighted by Gasteiger charge is -2.11. The van der Waals surface area contributed by atoms with Gasteiger partial charge >= 0.3 is 0 Å². The summed E-state index contributed by atoms with van der Waals surface area (Å²) in [6.07, 6.45) is 0.458. The lowest BCUT2D eigenvalue weighted by molar-refractivity contribution is 0.168. The second-order valence-corrected chi connectivity index (χ2v) is 3.92. The van der Waals surface area contributed by atoms with Crippen LogP contribution < -0.4 is 0 Å². The molecule has 0 bridgehead atoms. The average Bonchev–Trinajstić information content (AvgIpc) is 2.22. The normalized spacial score (nSPS) is 11.7. The Kier molecular flexibility index (Phi) is 4.80. The summed E-state index contributed by atoms with van der Waals surface area (Å²) in [7, 11) is 0. The second kappa shape index (κ2) is 5.89. The molecule has 0 aliphatic rings. The topological polar surface area (TPSA) is 20.2 Å². The van der Waals surface area contributed by atoms with Crippen LogP contribution in [0.5, 0.6) is 0 Å². The van der Waals surface area contributed by atoms with Gasteiger partial charge in [-0.2, -0.15) is 0 Å². The van der Waals surface area contributed by atoms with Crippen molar-refractivity contribution in [3.63, 3.8) is 0 Å². The highest BCUT2D eigenvalue weighted by Gasteiger charge is 2.12. The molecule has 1 nitrogen and oxygen atoms in total. The average molecular weight is 271 g/mol. The summed E-state index contributed by atoms with van der Waals surface area (Å²) in [5.74, 6) is 5.26. The fourth-order valence-corrected chi connectivity index (χ4v) is 1.80. The molecule has 1 rings (SSSR count). The summed E-state index contributed by atoms with van der Waals surface area (Å²) in [4.78, 5) is 0. The molecule has 0 fully saturated rings. The zero-order valence-corrected chi connectivity index (χ0v) is 10.0. The third-order valence-electron chi connectivity index (χ3n) is 2.06. The van der Waals surface area contributed by atoms with Crippen LogP contribution in [0.25, 0.3) is 0 Å². The van der Waals surface area contributed by atoms with Crippen LogP contribution in [0.2, 0.25) is 0 Å². The third-order valence-corrected chi connectivity index (χ3v) is 2.90. The van der Waals surface area contributed by atoms with Gasteiger partial charge in [0.15, 0.2) is 0 Å². The van der Waals surface area contributed by atoms with Crippen LogP contribution in [-0.4, -0.2) is 5.11 Å². The predicted molar refractivity (Wildman–Crippen MR) is 61.7 cm³/mol. The van der Waals surface area contributed by atoms with Crippen molar-refractivity contribution < 1.29 is 9.50 Å². The minimum absolute atomic E-state index is 0.335. The first kappa shape index (κ1) is 12.2. The summed E-state index contributed by atoms with van der Waals surface area (Å²) in [6.45, 7) is 1.75. The van der Waals surface area contributed by atoms with Gasteiger partial charge in [-0.3, -0.25) is 0 Å². The fourth-order valence-electron chi connectivity index (χ4n) is 1.27. The summed E-state index contributed by atoms with van der Waals surface area (Å²) in [5.41, 5.74) is 0.577. The standard InChI is InChI=1S/C12H12BrFO/c1-2-3-4-8-11(15)9-6-5-7-10(14)12(9)13/h5-7,11,15H,4,8H2,1H3. The molecule has 1 atom stereocenters. The molecule has 1 aromatic carbocycles. The van der Waals surface area contributed by atoms with E-state index in [-0.39, 0.29) is 5.82 Å². The van der Waals surface area contributed by atoms with Crippen molar-refractivity contribution >= 4 is 15.9 Å². The predicted octanol–water partition coefficient (Wildman–Crippen LogP) is 3.43. The van der Waals surface area contributed by atoms with Crippen LogP contribution in [0.3, 0.4) is 0 Å². The van der Waals surface area contributed by atoms with Crippen LogP contribution in [-0.2, 0) is 0 Å². The van der Waals surface area contributed by atoms with E-state index in [1.165, 1.54) is 6.07 Å². The van der Waals surface area contributed by atoms with E-state index < -0.39 is 6.10 Å². The Morgan fingerprint density at radius 3 is 2.93 bits per heavy atom. The number of aliphatic hydroxyl groups is 1. The van der Waals surface area contributed by atoms with E-state index in [2.05, 4.69) is 27.8 Å². The number of aliphatic hydroxyl groups excluding tert-OH is 1. The largest absolute Gasteiger partial charge is 0.388 e. The van der Waals surface area contributed by atoms with Crippen LogP contribution in [0, 0.1) is 17.7 Å². The molecule has 0 spiro atoms. The molecule has 0 aromatic heterocycles. The molecule has 15 heavy (non-hydrogen) atoms. The highest BCUT2D eigenvalue weighted by Crippen LogP contribution is 2.28. The van der Waals surface area contributed by atoms with Crippen molar-refractivity contribution in [2.75, 3.05) is 0 Å². The summed E-state index contributed by atoms with van der Waals surface area (Å²) < 4.78 is 13.5. The third kappa shape index (κ3) is 3.33. The van der Waals surface area contributed by atoms with Gasteiger partial charge in [0.1, 0.15) is 5.82 Å². The van der Waals surface area contributed by atoms with Crippen molar-refractivity contribution in [3.8, 4) is 11.8 Å². The van der Waals surface area contributed by atoms with Gasteiger partial charge < -0.3 is 5.11 Å².